The molecule has 0 unspecified atom stereocenters. The Balaban J connectivity index is 1.73. The lowest BCUT2D eigenvalue weighted by Gasteiger charge is -2.06. The average Bonchev–Trinajstić information content (AvgIpc) is 3.01. The van der Waals surface area contributed by atoms with Gasteiger partial charge in [-0.25, -0.2) is 9.50 Å². The van der Waals surface area contributed by atoms with E-state index in [2.05, 4.69) is 27.5 Å². The molecule has 0 saturated heterocycles. The van der Waals surface area contributed by atoms with Crippen molar-refractivity contribution >= 4 is 17.2 Å². The van der Waals surface area contributed by atoms with Crippen molar-refractivity contribution < 1.29 is 0 Å². The molecule has 0 aliphatic rings. The summed E-state index contributed by atoms with van der Waals surface area (Å²) in [6.45, 7) is 1.96. The Morgan fingerprint density at radius 2 is 1.83 bits per heavy atom. The minimum absolute atomic E-state index is 0.765. The fourth-order valence-corrected chi connectivity index (χ4v) is 2.45. The molecule has 4 aromatic rings. The highest BCUT2D eigenvalue weighted by Crippen LogP contribution is 2.24. The molecule has 0 aliphatic carbocycles. The van der Waals surface area contributed by atoms with Crippen LogP contribution in [0.4, 0.5) is 11.5 Å². The lowest BCUT2D eigenvalue weighted by atomic mass is 10.1. The summed E-state index contributed by atoms with van der Waals surface area (Å²) in [5, 5.41) is 7.65. The van der Waals surface area contributed by atoms with Gasteiger partial charge in [-0.3, -0.25) is 4.98 Å². The molecule has 0 saturated carbocycles. The van der Waals surface area contributed by atoms with E-state index in [0.29, 0.717) is 0 Å². The Morgan fingerprint density at radius 3 is 2.61 bits per heavy atom. The SMILES string of the molecule is Cc1ccc(Nc2ccn3ncc(-c4ccccc4)c3n2)cn1. The molecular formula is C18H15N5. The van der Waals surface area contributed by atoms with E-state index in [-0.39, 0.29) is 0 Å². The van der Waals surface area contributed by atoms with Gasteiger partial charge in [0, 0.05) is 17.5 Å². The van der Waals surface area contributed by atoms with Crippen molar-refractivity contribution in [2.24, 2.45) is 0 Å². The quantitative estimate of drug-likeness (QED) is 0.624. The van der Waals surface area contributed by atoms with Gasteiger partial charge in [0.2, 0.25) is 0 Å². The lowest BCUT2D eigenvalue weighted by molar-refractivity contribution is 0.941. The van der Waals surface area contributed by atoms with Crippen LogP contribution in [0.2, 0.25) is 0 Å². The molecule has 5 heteroatoms. The highest BCUT2D eigenvalue weighted by Gasteiger charge is 2.08. The second-order valence-corrected chi connectivity index (χ2v) is 5.32. The zero-order chi connectivity index (χ0) is 15.6. The molecule has 3 aromatic heterocycles. The Labute approximate surface area is 133 Å². The molecule has 1 N–H and O–H groups in total. The van der Waals surface area contributed by atoms with Crippen LogP contribution in [0.25, 0.3) is 16.8 Å². The summed E-state index contributed by atoms with van der Waals surface area (Å²) in [4.78, 5) is 8.98. The summed E-state index contributed by atoms with van der Waals surface area (Å²) in [5.41, 5.74) is 4.83. The molecule has 3 heterocycles. The molecule has 1 aromatic carbocycles. The first-order valence-electron chi connectivity index (χ1n) is 7.39. The maximum absolute atomic E-state index is 4.69. The molecule has 0 radical (unpaired) electrons. The van der Waals surface area contributed by atoms with Gasteiger partial charge in [0.25, 0.3) is 0 Å². The number of nitrogens with one attached hydrogen (secondary N) is 1. The van der Waals surface area contributed by atoms with Gasteiger partial charge in [-0.1, -0.05) is 30.3 Å². The summed E-state index contributed by atoms with van der Waals surface area (Å²) in [6.07, 6.45) is 5.54. The fraction of sp³-hybridized carbons (Fsp3) is 0.0556. The van der Waals surface area contributed by atoms with Gasteiger partial charge in [-0.2, -0.15) is 5.10 Å². The molecule has 0 bridgehead atoms. The van der Waals surface area contributed by atoms with Gasteiger partial charge in [0.05, 0.1) is 18.1 Å². The number of rotatable bonds is 3. The van der Waals surface area contributed by atoms with Crippen LogP contribution >= 0.6 is 0 Å². The fourth-order valence-electron chi connectivity index (χ4n) is 2.45. The largest absolute Gasteiger partial charge is 0.339 e. The minimum atomic E-state index is 0.765. The van der Waals surface area contributed by atoms with E-state index in [9.17, 15) is 0 Å². The predicted octanol–water partition coefficient (Wildman–Crippen LogP) is 3.84. The standard InChI is InChI=1S/C18H15N5/c1-13-7-8-15(11-19-13)21-17-9-10-23-18(22-17)16(12-20-23)14-5-3-2-4-6-14/h2-12H,1H3,(H,21,22). The summed E-state index contributed by atoms with van der Waals surface area (Å²) in [7, 11) is 0. The highest BCUT2D eigenvalue weighted by molar-refractivity contribution is 5.77. The normalized spacial score (nSPS) is 10.8. The summed E-state index contributed by atoms with van der Waals surface area (Å²) >= 11 is 0. The smallest absolute Gasteiger partial charge is 0.165 e. The second-order valence-electron chi connectivity index (χ2n) is 5.32. The van der Waals surface area contributed by atoms with Gasteiger partial charge < -0.3 is 5.32 Å². The number of anilines is 2. The number of aromatic nitrogens is 4. The van der Waals surface area contributed by atoms with Gasteiger partial charge in [0.1, 0.15) is 5.82 Å². The number of pyridine rings is 1. The third kappa shape index (κ3) is 2.64. The third-order valence-electron chi connectivity index (χ3n) is 3.64. The Kier molecular flexibility index (Phi) is 3.24. The molecule has 0 aliphatic heterocycles. The van der Waals surface area contributed by atoms with E-state index in [4.69, 9.17) is 4.98 Å². The maximum atomic E-state index is 4.69. The van der Waals surface area contributed by atoms with E-state index < -0.39 is 0 Å². The molecule has 23 heavy (non-hydrogen) atoms. The molecule has 0 atom stereocenters. The van der Waals surface area contributed by atoms with Crippen LogP contribution in [0.5, 0.6) is 0 Å². The van der Waals surface area contributed by atoms with Crippen molar-refractivity contribution in [3.8, 4) is 11.1 Å². The van der Waals surface area contributed by atoms with E-state index in [1.807, 2.05) is 55.7 Å². The first-order chi connectivity index (χ1) is 11.3. The summed E-state index contributed by atoms with van der Waals surface area (Å²) in [5.74, 6) is 0.765. The van der Waals surface area contributed by atoms with Gasteiger partial charge >= 0.3 is 0 Å². The second kappa shape index (κ2) is 5.53. The van der Waals surface area contributed by atoms with Crippen LogP contribution in [0.15, 0.2) is 67.1 Å². The molecule has 0 spiro atoms. The van der Waals surface area contributed by atoms with Crippen molar-refractivity contribution in [3.05, 3.63) is 72.8 Å². The van der Waals surface area contributed by atoms with Gasteiger partial charge in [0.15, 0.2) is 5.65 Å². The molecule has 0 amide bonds. The maximum Gasteiger partial charge on any atom is 0.165 e. The van der Waals surface area contributed by atoms with Crippen LogP contribution in [0.1, 0.15) is 5.69 Å². The van der Waals surface area contributed by atoms with Crippen LogP contribution in [-0.2, 0) is 0 Å². The van der Waals surface area contributed by atoms with Crippen molar-refractivity contribution in [2.45, 2.75) is 6.92 Å². The minimum Gasteiger partial charge on any atom is -0.339 e. The molecule has 4 rings (SSSR count). The van der Waals surface area contributed by atoms with E-state index in [1.54, 1.807) is 10.7 Å². The first kappa shape index (κ1) is 13.5. The first-order valence-corrected chi connectivity index (χ1v) is 7.39. The molecule has 5 nitrogen and oxygen atoms in total. The number of nitrogens with zero attached hydrogens (tertiary/aromatic N) is 4. The van der Waals surface area contributed by atoms with Crippen LogP contribution < -0.4 is 5.32 Å². The molecule has 112 valence electrons. The van der Waals surface area contributed by atoms with Crippen LogP contribution in [-0.4, -0.2) is 19.6 Å². The Bertz CT molecular complexity index is 942. The number of hydrogen-bond acceptors (Lipinski definition) is 4. The average molecular weight is 301 g/mol. The van der Waals surface area contributed by atoms with Gasteiger partial charge in [-0.05, 0) is 30.7 Å². The molecule has 0 fully saturated rings. The van der Waals surface area contributed by atoms with Crippen molar-refractivity contribution in [2.75, 3.05) is 5.32 Å². The topological polar surface area (TPSA) is 55.1 Å². The summed E-state index contributed by atoms with van der Waals surface area (Å²) in [6, 6.07) is 16.0. The van der Waals surface area contributed by atoms with Crippen molar-refractivity contribution in [1.82, 2.24) is 19.6 Å². The Hall–Kier alpha value is -3.21. The van der Waals surface area contributed by atoms with Crippen LogP contribution in [0.3, 0.4) is 0 Å². The summed E-state index contributed by atoms with van der Waals surface area (Å²) < 4.78 is 1.78. The predicted molar refractivity (Wildman–Crippen MR) is 90.7 cm³/mol. The number of hydrogen-bond donors (Lipinski definition) is 1. The number of aryl methyl sites for hydroxylation is 1. The van der Waals surface area contributed by atoms with Crippen molar-refractivity contribution in [3.63, 3.8) is 0 Å². The number of benzene rings is 1. The Morgan fingerprint density at radius 1 is 0.957 bits per heavy atom. The highest BCUT2D eigenvalue weighted by atomic mass is 15.2. The van der Waals surface area contributed by atoms with E-state index in [1.165, 1.54) is 0 Å². The number of fused-ring (bicyclic) bond motifs is 1. The van der Waals surface area contributed by atoms with Crippen LogP contribution in [0, 0.1) is 6.92 Å². The zero-order valence-electron chi connectivity index (χ0n) is 12.6. The van der Waals surface area contributed by atoms with E-state index >= 15 is 0 Å². The van der Waals surface area contributed by atoms with Gasteiger partial charge in [-0.15, -0.1) is 0 Å². The van der Waals surface area contributed by atoms with E-state index in [0.717, 1.165) is 34.0 Å². The van der Waals surface area contributed by atoms with Crippen molar-refractivity contribution in [1.29, 1.82) is 0 Å². The third-order valence-corrected chi connectivity index (χ3v) is 3.64. The molecular weight excluding hydrogens is 286 g/mol. The monoisotopic (exact) mass is 301 g/mol. The lowest BCUT2D eigenvalue weighted by Crippen LogP contribution is -1.98. The zero-order valence-corrected chi connectivity index (χ0v) is 12.6.